The molecule has 1 aromatic carbocycles. The molecule has 0 aliphatic carbocycles. The normalized spacial score (nSPS) is 11.7. The van der Waals surface area contributed by atoms with E-state index in [0.717, 1.165) is 12.1 Å². The third-order valence-electron chi connectivity index (χ3n) is 4.36. The van der Waals surface area contributed by atoms with Crippen molar-refractivity contribution in [2.24, 2.45) is 0 Å². The first-order valence-corrected chi connectivity index (χ1v) is 8.02. The van der Waals surface area contributed by atoms with Crippen LogP contribution in [0.3, 0.4) is 0 Å². The third-order valence-corrected chi connectivity index (χ3v) is 4.36. The van der Waals surface area contributed by atoms with E-state index >= 15 is 0 Å². The van der Waals surface area contributed by atoms with Crippen molar-refractivity contribution in [3.63, 3.8) is 0 Å². The summed E-state index contributed by atoms with van der Waals surface area (Å²) in [6.07, 6.45) is -1.81. The Hall–Kier alpha value is -3.08. The second-order valence-corrected chi connectivity index (χ2v) is 6.51. The summed E-state index contributed by atoms with van der Waals surface area (Å²) in [5.74, 6) is -0.633. The molecular weight excluding hydrogens is 359 g/mol. The molecule has 0 saturated heterocycles. The SMILES string of the molecule is [C-]#[N+]c1ccc(CC(=O)C(C)(C)n2ccc(C(=O)NC)c2)cc1C(F)(F)F. The van der Waals surface area contributed by atoms with Crippen molar-refractivity contribution in [1.29, 1.82) is 0 Å². The summed E-state index contributed by atoms with van der Waals surface area (Å²) in [4.78, 5) is 27.3. The number of rotatable bonds is 5. The Bertz CT molecular complexity index is 921. The van der Waals surface area contributed by atoms with Gasteiger partial charge in [-0.15, -0.1) is 0 Å². The molecule has 1 N–H and O–H groups in total. The molecule has 0 aliphatic rings. The molecule has 0 radical (unpaired) electrons. The molecule has 27 heavy (non-hydrogen) atoms. The lowest BCUT2D eigenvalue weighted by molar-refractivity contribution is -0.137. The van der Waals surface area contributed by atoms with E-state index in [1.54, 1.807) is 30.7 Å². The Morgan fingerprint density at radius 2 is 1.89 bits per heavy atom. The fourth-order valence-electron chi connectivity index (χ4n) is 2.59. The predicted octanol–water partition coefficient (Wildman–Crippen LogP) is 3.96. The van der Waals surface area contributed by atoms with Crippen LogP contribution in [0.5, 0.6) is 0 Å². The molecule has 0 spiro atoms. The molecule has 8 heteroatoms. The molecular formula is C19H18F3N3O2. The molecule has 0 atom stereocenters. The second kappa shape index (κ2) is 7.27. The van der Waals surface area contributed by atoms with Gasteiger partial charge in [0.15, 0.2) is 11.5 Å². The molecule has 1 heterocycles. The zero-order valence-electron chi connectivity index (χ0n) is 15.0. The number of ketones is 1. The van der Waals surface area contributed by atoms with E-state index < -0.39 is 23.0 Å². The number of benzene rings is 1. The van der Waals surface area contributed by atoms with Crippen LogP contribution in [0.1, 0.15) is 35.3 Å². The maximum absolute atomic E-state index is 13.1. The highest BCUT2D eigenvalue weighted by Gasteiger charge is 2.34. The van der Waals surface area contributed by atoms with Crippen LogP contribution in [0.4, 0.5) is 18.9 Å². The average molecular weight is 377 g/mol. The van der Waals surface area contributed by atoms with Crippen molar-refractivity contribution in [2.45, 2.75) is 32.0 Å². The van der Waals surface area contributed by atoms with Crippen LogP contribution in [-0.4, -0.2) is 23.3 Å². The lowest BCUT2D eigenvalue weighted by Gasteiger charge is -2.26. The Morgan fingerprint density at radius 1 is 1.22 bits per heavy atom. The average Bonchev–Trinajstić information content (AvgIpc) is 3.11. The van der Waals surface area contributed by atoms with E-state index in [1.165, 1.54) is 19.3 Å². The van der Waals surface area contributed by atoms with Gasteiger partial charge in [-0.05, 0) is 25.5 Å². The Labute approximate surface area is 154 Å². The van der Waals surface area contributed by atoms with Crippen LogP contribution in [0.15, 0.2) is 36.7 Å². The highest BCUT2D eigenvalue weighted by molar-refractivity contribution is 5.94. The number of aromatic nitrogens is 1. The molecule has 0 fully saturated rings. The first kappa shape index (κ1) is 20.2. The summed E-state index contributed by atoms with van der Waals surface area (Å²) >= 11 is 0. The van der Waals surface area contributed by atoms with Crippen molar-refractivity contribution < 1.29 is 22.8 Å². The lowest BCUT2D eigenvalue weighted by Crippen LogP contribution is -2.36. The van der Waals surface area contributed by atoms with Gasteiger partial charge in [-0.3, -0.25) is 9.59 Å². The van der Waals surface area contributed by atoms with Crippen LogP contribution >= 0.6 is 0 Å². The zero-order valence-corrected chi connectivity index (χ0v) is 15.0. The molecule has 0 aliphatic heterocycles. The molecule has 5 nitrogen and oxygen atoms in total. The molecule has 2 aromatic rings. The smallest absolute Gasteiger partial charge is 0.355 e. The van der Waals surface area contributed by atoms with Crippen molar-refractivity contribution in [2.75, 3.05) is 7.05 Å². The van der Waals surface area contributed by atoms with Crippen molar-refractivity contribution in [1.82, 2.24) is 9.88 Å². The second-order valence-electron chi connectivity index (χ2n) is 6.51. The zero-order chi connectivity index (χ0) is 20.4. The minimum atomic E-state index is -4.67. The van der Waals surface area contributed by atoms with Gasteiger partial charge in [-0.25, -0.2) is 4.85 Å². The summed E-state index contributed by atoms with van der Waals surface area (Å²) in [7, 11) is 1.49. The Morgan fingerprint density at radius 3 is 2.44 bits per heavy atom. The summed E-state index contributed by atoms with van der Waals surface area (Å²) in [6.45, 7) is 10.1. The van der Waals surface area contributed by atoms with Gasteiger partial charge in [-0.1, -0.05) is 18.2 Å². The first-order valence-electron chi connectivity index (χ1n) is 8.02. The summed E-state index contributed by atoms with van der Waals surface area (Å²) in [5.41, 5.74) is -2.07. The predicted molar refractivity (Wildman–Crippen MR) is 93.6 cm³/mol. The number of alkyl halides is 3. The van der Waals surface area contributed by atoms with Crippen LogP contribution in [0, 0.1) is 6.57 Å². The van der Waals surface area contributed by atoms with Gasteiger partial charge in [0.2, 0.25) is 0 Å². The molecule has 1 aromatic heterocycles. The number of hydrogen-bond acceptors (Lipinski definition) is 2. The van der Waals surface area contributed by atoms with Crippen LogP contribution in [-0.2, 0) is 22.9 Å². The van der Waals surface area contributed by atoms with Crippen LogP contribution < -0.4 is 5.32 Å². The topological polar surface area (TPSA) is 55.5 Å². The number of carbonyl (C=O) groups is 2. The number of halogens is 3. The van der Waals surface area contributed by atoms with Gasteiger partial charge < -0.3 is 9.88 Å². The van der Waals surface area contributed by atoms with E-state index in [9.17, 15) is 22.8 Å². The third kappa shape index (κ3) is 4.19. The van der Waals surface area contributed by atoms with Crippen LogP contribution in [0.25, 0.3) is 4.85 Å². The van der Waals surface area contributed by atoms with Crippen molar-refractivity contribution in [3.8, 4) is 0 Å². The highest BCUT2D eigenvalue weighted by Crippen LogP contribution is 2.37. The van der Waals surface area contributed by atoms with Gasteiger partial charge in [0.05, 0.1) is 23.2 Å². The number of nitrogens with zero attached hydrogens (tertiary/aromatic N) is 2. The Balaban J connectivity index is 2.29. The number of carbonyl (C=O) groups excluding carboxylic acids is 2. The number of amides is 1. The summed E-state index contributed by atoms with van der Waals surface area (Å²) < 4.78 is 40.8. The lowest BCUT2D eigenvalue weighted by atomic mass is 9.92. The van der Waals surface area contributed by atoms with E-state index in [4.69, 9.17) is 6.57 Å². The van der Waals surface area contributed by atoms with Crippen molar-refractivity contribution >= 4 is 17.4 Å². The molecule has 0 saturated carbocycles. The van der Waals surface area contributed by atoms with Gasteiger partial charge >= 0.3 is 6.18 Å². The number of Topliss-reactive ketones (excluding diaryl/α,β-unsaturated/α-hetero) is 1. The monoisotopic (exact) mass is 377 g/mol. The summed E-state index contributed by atoms with van der Waals surface area (Å²) in [5, 5.41) is 2.48. The van der Waals surface area contributed by atoms with Gasteiger partial charge in [0.1, 0.15) is 0 Å². The molecule has 2 rings (SSSR count). The number of hydrogen-bond donors (Lipinski definition) is 1. The maximum atomic E-state index is 13.1. The van der Waals surface area contributed by atoms with E-state index in [2.05, 4.69) is 10.2 Å². The molecule has 0 unspecified atom stereocenters. The van der Waals surface area contributed by atoms with Gasteiger partial charge in [0.25, 0.3) is 5.91 Å². The molecule has 1 amide bonds. The highest BCUT2D eigenvalue weighted by atomic mass is 19.4. The van der Waals surface area contributed by atoms with Gasteiger partial charge in [0, 0.05) is 25.9 Å². The molecule has 0 bridgehead atoms. The van der Waals surface area contributed by atoms with Gasteiger partial charge in [-0.2, -0.15) is 13.2 Å². The van der Waals surface area contributed by atoms with E-state index in [1.807, 2.05) is 0 Å². The maximum Gasteiger partial charge on any atom is 0.407 e. The minimum absolute atomic E-state index is 0.173. The summed E-state index contributed by atoms with van der Waals surface area (Å²) in [6, 6.07) is 4.82. The Kier molecular flexibility index (Phi) is 5.45. The molecule has 142 valence electrons. The minimum Gasteiger partial charge on any atom is -0.355 e. The van der Waals surface area contributed by atoms with E-state index in [-0.39, 0.29) is 23.7 Å². The standard InChI is InChI=1S/C19H18F3N3O2/c1-18(2,25-8-7-13(11-25)17(27)24-4)16(26)10-12-5-6-15(23-3)14(9-12)19(20,21)22/h5-9,11H,10H2,1-2,4H3,(H,24,27). The van der Waals surface area contributed by atoms with Crippen LogP contribution in [0.2, 0.25) is 0 Å². The van der Waals surface area contributed by atoms with Crippen molar-refractivity contribution in [3.05, 3.63) is 64.8 Å². The van der Waals surface area contributed by atoms with E-state index in [0.29, 0.717) is 5.56 Å². The fraction of sp³-hybridized carbons (Fsp3) is 0.316. The first-order chi connectivity index (χ1) is 12.5. The largest absolute Gasteiger partial charge is 0.407 e. The fourth-order valence-corrected chi connectivity index (χ4v) is 2.59. The quantitative estimate of drug-likeness (QED) is 0.802. The number of nitrogens with one attached hydrogen (secondary N) is 1.